The summed E-state index contributed by atoms with van der Waals surface area (Å²) in [5, 5.41) is 2.02. The highest BCUT2D eigenvalue weighted by Crippen LogP contribution is 2.34. The smallest absolute Gasteiger partial charge is 0.325 e. The number of carbonyl (C=O) groups is 1. The minimum absolute atomic E-state index is 0.0238. The normalized spacial score (nSPS) is 12.0. The SMILES string of the molecule is Cc1ccccc1S(=O)(=O)CC(=O)Nc1ccccc1C(F)(F)F. The molecule has 0 unspecified atom stereocenters. The first-order chi connectivity index (χ1) is 11.1. The highest BCUT2D eigenvalue weighted by Gasteiger charge is 2.34. The Balaban J connectivity index is 2.22. The van der Waals surface area contributed by atoms with Gasteiger partial charge in [-0.05, 0) is 30.7 Å². The Morgan fingerprint density at radius 2 is 1.62 bits per heavy atom. The van der Waals surface area contributed by atoms with Crippen molar-refractivity contribution in [2.24, 2.45) is 0 Å². The number of nitrogens with one attached hydrogen (secondary N) is 1. The maximum atomic E-state index is 12.9. The summed E-state index contributed by atoms with van der Waals surface area (Å²) in [5.74, 6) is -1.97. The Bertz CT molecular complexity index is 861. The van der Waals surface area contributed by atoms with Crippen molar-refractivity contribution in [1.82, 2.24) is 0 Å². The number of hydrogen-bond donors (Lipinski definition) is 1. The quantitative estimate of drug-likeness (QED) is 0.912. The van der Waals surface area contributed by atoms with Crippen LogP contribution in [-0.4, -0.2) is 20.1 Å². The lowest BCUT2D eigenvalue weighted by Gasteiger charge is -2.14. The number of sulfone groups is 1. The second-order valence-electron chi connectivity index (χ2n) is 5.12. The number of para-hydroxylation sites is 1. The number of amides is 1. The molecular weight excluding hydrogens is 343 g/mol. The molecule has 0 aromatic heterocycles. The molecule has 0 saturated heterocycles. The second kappa shape index (κ2) is 6.64. The van der Waals surface area contributed by atoms with Crippen LogP contribution in [0.25, 0.3) is 0 Å². The van der Waals surface area contributed by atoms with Crippen LogP contribution >= 0.6 is 0 Å². The van der Waals surface area contributed by atoms with Crippen molar-refractivity contribution in [3.63, 3.8) is 0 Å². The molecule has 2 aromatic rings. The lowest BCUT2D eigenvalue weighted by atomic mass is 10.1. The van der Waals surface area contributed by atoms with Gasteiger partial charge in [-0.3, -0.25) is 4.79 Å². The van der Waals surface area contributed by atoms with Gasteiger partial charge in [0.1, 0.15) is 5.75 Å². The molecule has 24 heavy (non-hydrogen) atoms. The average Bonchev–Trinajstić information content (AvgIpc) is 2.46. The first-order valence-electron chi connectivity index (χ1n) is 6.86. The monoisotopic (exact) mass is 357 g/mol. The van der Waals surface area contributed by atoms with Gasteiger partial charge in [0.25, 0.3) is 0 Å². The van der Waals surface area contributed by atoms with Crippen molar-refractivity contribution >= 4 is 21.4 Å². The summed E-state index contributed by atoms with van der Waals surface area (Å²) < 4.78 is 63.2. The molecule has 2 rings (SSSR count). The summed E-state index contributed by atoms with van der Waals surface area (Å²) in [6.07, 6.45) is -4.65. The van der Waals surface area contributed by atoms with E-state index in [0.717, 1.165) is 12.1 Å². The fourth-order valence-electron chi connectivity index (χ4n) is 2.18. The van der Waals surface area contributed by atoms with Crippen LogP contribution in [0.2, 0.25) is 0 Å². The van der Waals surface area contributed by atoms with Crippen molar-refractivity contribution in [3.05, 3.63) is 59.7 Å². The molecule has 0 radical (unpaired) electrons. The molecule has 1 N–H and O–H groups in total. The maximum Gasteiger partial charge on any atom is 0.418 e. The molecule has 0 atom stereocenters. The van der Waals surface area contributed by atoms with Gasteiger partial charge in [0.05, 0.1) is 16.1 Å². The highest BCUT2D eigenvalue weighted by molar-refractivity contribution is 7.92. The minimum Gasteiger partial charge on any atom is -0.325 e. The fraction of sp³-hybridized carbons (Fsp3) is 0.188. The number of alkyl halides is 3. The van der Waals surface area contributed by atoms with Gasteiger partial charge in [0, 0.05) is 0 Å². The zero-order chi connectivity index (χ0) is 18.0. The van der Waals surface area contributed by atoms with Crippen LogP contribution in [0.3, 0.4) is 0 Å². The second-order valence-corrected chi connectivity index (χ2v) is 7.07. The largest absolute Gasteiger partial charge is 0.418 e. The summed E-state index contributed by atoms with van der Waals surface area (Å²) in [6, 6.07) is 10.5. The number of benzene rings is 2. The molecule has 0 aliphatic carbocycles. The number of hydrogen-bond acceptors (Lipinski definition) is 3. The van der Waals surface area contributed by atoms with E-state index in [1.165, 1.54) is 24.3 Å². The Hall–Kier alpha value is -2.35. The van der Waals surface area contributed by atoms with E-state index in [1.54, 1.807) is 19.1 Å². The van der Waals surface area contributed by atoms with E-state index in [4.69, 9.17) is 0 Å². The molecule has 0 bridgehead atoms. The van der Waals surface area contributed by atoms with Gasteiger partial charge in [0.2, 0.25) is 5.91 Å². The van der Waals surface area contributed by atoms with Crippen LogP contribution in [0, 0.1) is 6.92 Å². The third-order valence-corrected chi connectivity index (χ3v) is 5.03. The molecule has 0 aliphatic heterocycles. The number of rotatable bonds is 4. The minimum atomic E-state index is -4.65. The van der Waals surface area contributed by atoms with E-state index in [9.17, 15) is 26.4 Å². The molecule has 8 heteroatoms. The van der Waals surface area contributed by atoms with Crippen molar-refractivity contribution in [2.75, 3.05) is 11.1 Å². The standard InChI is InChI=1S/C16H14F3NO3S/c1-11-6-2-5-9-14(11)24(22,23)10-15(21)20-13-8-4-3-7-12(13)16(17,18)19/h2-9H,10H2,1H3,(H,20,21). The van der Waals surface area contributed by atoms with Crippen LogP contribution in [0.5, 0.6) is 0 Å². The zero-order valence-corrected chi connectivity index (χ0v) is 13.4. The van der Waals surface area contributed by atoms with E-state index in [0.29, 0.717) is 5.56 Å². The molecule has 128 valence electrons. The van der Waals surface area contributed by atoms with E-state index >= 15 is 0 Å². The van der Waals surface area contributed by atoms with Crippen LogP contribution < -0.4 is 5.32 Å². The molecule has 0 heterocycles. The Labute approximate surface area is 137 Å². The molecule has 0 aliphatic rings. The van der Waals surface area contributed by atoms with Gasteiger partial charge in [-0.25, -0.2) is 8.42 Å². The van der Waals surface area contributed by atoms with E-state index in [2.05, 4.69) is 0 Å². The molecule has 0 spiro atoms. The number of anilines is 1. The van der Waals surface area contributed by atoms with Gasteiger partial charge in [-0.15, -0.1) is 0 Å². The molecule has 0 fully saturated rings. The third kappa shape index (κ3) is 4.14. The van der Waals surface area contributed by atoms with Gasteiger partial charge in [-0.1, -0.05) is 30.3 Å². The zero-order valence-electron chi connectivity index (χ0n) is 12.6. The van der Waals surface area contributed by atoms with Crippen molar-refractivity contribution < 1.29 is 26.4 Å². The fourth-order valence-corrected chi connectivity index (χ4v) is 3.60. The van der Waals surface area contributed by atoms with Gasteiger partial charge in [0.15, 0.2) is 9.84 Å². The third-order valence-electron chi connectivity index (χ3n) is 3.26. The first kappa shape index (κ1) is 18.0. The lowest BCUT2D eigenvalue weighted by Crippen LogP contribution is -2.24. The topological polar surface area (TPSA) is 63.2 Å². The van der Waals surface area contributed by atoms with Crippen LogP contribution in [0.4, 0.5) is 18.9 Å². The summed E-state index contributed by atoms with van der Waals surface area (Å²) in [5.41, 5.74) is -1.05. The van der Waals surface area contributed by atoms with Gasteiger partial charge < -0.3 is 5.32 Å². The number of carbonyl (C=O) groups excluding carboxylic acids is 1. The predicted octanol–water partition coefficient (Wildman–Crippen LogP) is 3.43. The van der Waals surface area contributed by atoms with E-state index in [1.807, 2.05) is 5.32 Å². The number of halogens is 3. The van der Waals surface area contributed by atoms with Gasteiger partial charge >= 0.3 is 6.18 Å². The Morgan fingerprint density at radius 3 is 2.25 bits per heavy atom. The maximum absolute atomic E-state index is 12.9. The van der Waals surface area contributed by atoms with E-state index < -0.39 is 38.9 Å². The van der Waals surface area contributed by atoms with Crippen LogP contribution in [-0.2, 0) is 20.8 Å². The van der Waals surface area contributed by atoms with Crippen molar-refractivity contribution in [2.45, 2.75) is 18.0 Å². The van der Waals surface area contributed by atoms with E-state index in [-0.39, 0.29) is 4.90 Å². The highest BCUT2D eigenvalue weighted by atomic mass is 32.2. The molecular formula is C16H14F3NO3S. The molecule has 1 amide bonds. The van der Waals surface area contributed by atoms with Crippen molar-refractivity contribution in [1.29, 1.82) is 0 Å². The molecule has 2 aromatic carbocycles. The summed E-state index contributed by atoms with van der Waals surface area (Å²) in [7, 11) is -3.95. The number of aryl methyl sites for hydroxylation is 1. The van der Waals surface area contributed by atoms with Gasteiger partial charge in [-0.2, -0.15) is 13.2 Å². The average molecular weight is 357 g/mol. The van der Waals surface area contributed by atoms with Crippen LogP contribution in [0.1, 0.15) is 11.1 Å². The van der Waals surface area contributed by atoms with Crippen LogP contribution in [0.15, 0.2) is 53.4 Å². The predicted molar refractivity (Wildman–Crippen MR) is 83.3 cm³/mol. The summed E-state index contributed by atoms with van der Waals surface area (Å²) >= 11 is 0. The Morgan fingerprint density at radius 1 is 1.04 bits per heavy atom. The first-order valence-corrected chi connectivity index (χ1v) is 8.51. The molecule has 0 saturated carbocycles. The lowest BCUT2D eigenvalue weighted by molar-refractivity contribution is -0.137. The summed E-state index contributed by atoms with van der Waals surface area (Å²) in [4.78, 5) is 11.9. The molecule has 4 nitrogen and oxygen atoms in total. The Kier molecular flexibility index (Phi) is 4.98. The van der Waals surface area contributed by atoms with Crippen molar-refractivity contribution in [3.8, 4) is 0 Å². The summed E-state index contributed by atoms with van der Waals surface area (Å²) in [6.45, 7) is 1.57.